The molecule has 2 heteroatoms. The highest BCUT2D eigenvalue weighted by atomic mass is 15.1. The third-order valence-electron chi connectivity index (χ3n) is 3.30. The van der Waals surface area contributed by atoms with Crippen LogP contribution >= 0.6 is 0 Å². The number of hydrogen-bond acceptors (Lipinski definition) is 2. The first kappa shape index (κ1) is 10.7. The zero-order chi connectivity index (χ0) is 10.7. The van der Waals surface area contributed by atoms with Crippen LogP contribution in [0.1, 0.15) is 18.9 Å². The summed E-state index contributed by atoms with van der Waals surface area (Å²) in [5.41, 5.74) is 7.41. The Bertz CT molecular complexity index is 297. The van der Waals surface area contributed by atoms with Gasteiger partial charge in [-0.2, -0.15) is 0 Å². The van der Waals surface area contributed by atoms with Crippen LogP contribution in [0.25, 0.3) is 0 Å². The zero-order valence-electron chi connectivity index (χ0n) is 9.39. The highest BCUT2D eigenvalue weighted by Crippen LogP contribution is 2.16. The molecule has 1 aliphatic rings. The Morgan fingerprint density at radius 3 is 2.73 bits per heavy atom. The van der Waals surface area contributed by atoms with Crippen molar-refractivity contribution >= 4 is 0 Å². The fourth-order valence-corrected chi connectivity index (χ4v) is 2.24. The Morgan fingerprint density at radius 2 is 2.07 bits per heavy atom. The van der Waals surface area contributed by atoms with E-state index in [4.69, 9.17) is 5.73 Å². The van der Waals surface area contributed by atoms with E-state index in [1.54, 1.807) is 0 Å². The fourth-order valence-electron chi connectivity index (χ4n) is 2.24. The molecule has 0 unspecified atom stereocenters. The number of hydrogen-bond donors (Lipinski definition) is 1. The maximum absolute atomic E-state index is 6.01. The van der Waals surface area contributed by atoms with Crippen molar-refractivity contribution in [2.24, 2.45) is 11.7 Å². The fraction of sp³-hybridized carbons (Fsp3) is 0.538. The highest BCUT2D eigenvalue weighted by Gasteiger charge is 2.22. The van der Waals surface area contributed by atoms with E-state index in [0.29, 0.717) is 12.0 Å². The average Bonchev–Trinajstić information content (AvgIpc) is 2.25. The quantitative estimate of drug-likeness (QED) is 0.796. The summed E-state index contributed by atoms with van der Waals surface area (Å²) < 4.78 is 0. The van der Waals surface area contributed by atoms with Gasteiger partial charge in [-0.15, -0.1) is 0 Å². The predicted molar refractivity (Wildman–Crippen MR) is 63.5 cm³/mol. The molecule has 2 rings (SSSR count). The normalized spacial score (nSPS) is 27.9. The van der Waals surface area contributed by atoms with E-state index < -0.39 is 0 Å². The summed E-state index contributed by atoms with van der Waals surface area (Å²) in [6, 6.07) is 11.1. The van der Waals surface area contributed by atoms with Crippen LogP contribution in [0.3, 0.4) is 0 Å². The maximum atomic E-state index is 6.01. The maximum Gasteiger partial charge on any atom is 0.0233 e. The molecular formula is C13H20N2. The van der Waals surface area contributed by atoms with Gasteiger partial charge < -0.3 is 5.73 Å². The van der Waals surface area contributed by atoms with Gasteiger partial charge in [0.05, 0.1) is 0 Å². The first-order valence-corrected chi connectivity index (χ1v) is 5.77. The molecule has 0 aliphatic carbocycles. The first-order valence-electron chi connectivity index (χ1n) is 5.77. The predicted octanol–water partition coefficient (Wildman–Crippen LogP) is 1.86. The summed E-state index contributed by atoms with van der Waals surface area (Å²) in [7, 11) is 0. The standard InChI is InChI=1S/C13H20N2/c1-11-9-15(8-7-13(11)14)10-12-5-3-2-4-6-12/h2-6,11,13H,7-10,14H2,1H3/t11-,13+/m0/s1. The van der Waals surface area contributed by atoms with Gasteiger partial charge in [0.2, 0.25) is 0 Å². The Hall–Kier alpha value is -0.860. The van der Waals surface area contributed by atoms with E-state index >= 15 is 0 Å². The number of likely N-dealkylation sites (tertiary alicyclic amines) is 1. The summed E-state index contributed by atoms with van der Waals surface area (Å²) >= 11 is 0. The molecule has 2 nitrogen and oxygen atoms in total. The minimum Gasteiger partial charge on any atom is -0.327 e. The van der Waals surface area contributed by atoms with Gasteiger partial charge in [0.1, 0.15) is 0 Å². The van der Waals surface area contributed by atoms with Crippen LogP contribution in [0.15, 0.2) is 30.3 Å². The lowest BCUT2D eigenvalue weighted by molar-refractivity contribution is 0.158. The van der Waals surface area contributed by atoms with Crippen molar-refractivity contribution in [3.05, 3.63) is 35.9 Å². The summed E-state index contributed by atoms with van der Waals surface area (Å²) in [5, 5.41) is 0. The molecule has 2 atom stereocenters. The smallest absolute Gasteiger partial charge is 0.0233 e. The first-order chi connectivity index (χ1) is 7.25. The van der Waals surface area contributed by atoms with E-state index in [2.05, 4.69) is 42.2 Å². The van der Waals surface area contributed by atoms with Crippen LogP contribution in [0.5, 0.6) is 0 Å². The molecule has 1 fully saturated rings. The third kappa shape index (κ3) is 2.80. The van der Waals surface area contributed by atoms with Gasteiger partial charge in [0, 0.05) is 19.1 Å². The summed E-state index contributed by atoms with van der Waals surface area (Å²) in [6.07, 6.45) is 1.13. The topological polar surface area (TPSA) is 29.3 Å². The Labute approximate surface area is 92.1 Å². The van der Waals surface area contributed by atoms with E-state index in [1.807, 2.05) is 0 Å². The SMILES string of the molecule is C[C@H]1CN(Cc2ccccc2)CC[C@H]1N. The van der Waals surface area contributed by atoms with Crippen LogP contribution < -0.4 is 5.73 Å². The summed E-state index contributed by atoms with van der Waals surface area (Å²) in [4.78, 5) is 2.50. The lowest BCUT2D eigenvalue weighted by Gasteiger charge is -2.35. The Balaban J connectivity index is 1.91. The van der Waals surface area contributed by atoms with Crippen molar-refractivity contribution in [2.75, 3.05) is 13.1 Å². The second-order valence-corrected chi connectivity index (χ2v) is 4.65. The van der Waals surface area contributed by atoms with Gasteiger partial charge in [0.15, 0.2) is 0 Å². The molecule has 0 aromatic heterocycles. The van der Waals surface area contributed by atoms with Crippen LogP contribution in [0.4, 0.5) is 0 Å². The van der Waals surface area contributed by atoms with E-state index in [1.165, 1.54) is 5.56 Å². The number of rotatable bonds is 2. The second-order valence-electron chi connectivity index (χ2n) is 4.65. The molecule has 82 valence electrons. The van der Waals surface area contributed by atoms with E-state index in [-0.39, 0.29) is 0 Å². The van der Waals surface area contributed by atoms with Crippen LogP contribution in [-0.2, 0) is 6.54 Å². The molecule has 2 N–H and O–H groups in total. The van der Waals surface area contributed by atoms with Gasteiger partial charge in [-0.1, -0.05) is 37.3 Å². The van der Waals surface area contributed by atoms with Gasteiger partial charge in [-0.25, -0.2) is 0 Å². The number of nitrogens with zero attached hydrogens (tertiary/aromatic N) is 1. The molecule has 0 amide bonds. The zero-order valence-corrected chi connectivity index (χ0v) is 9.39. The van der Waals surface area contributed by atoms with Crippen molar-refractivity contribution in [3.63, 3.8) is 0 Å². The van der Waals surface area contributed by atoms with E-state index in [0.717, 1.165) is 26.1 Å². The van der Waals surface area contributed by atoms with Gasteiger partial charge in [0.25, 0.3) is 0 Å². The average molecular weight is 204 g/mol. The molecule has 1 heterocycles. The second kappa shape index (κ2) is 4.77. The molecule has 1 saturated heterocycles. The Morgan fingerprint density at radius 1 is 1.33 bits per heavy atom. The van der Waals surface area contributed by atoms with Gasteiger partial charge >= 0.3 is 0 Å². The lowest BCUT2D eigenvalue weighted by Crippen LogP contribution is -2.45. The number of piperidine rings is 1. The summed E-state index contributed by atoms with van der Waals surface area (Å²) in [6.45, 7) is 5.59. The summed E-state index contributed by atoms with van der Waals surface area (Å²) in [5.74, 6) is 0.627. The minimum atomic E-state index is 0.400. The van der Waals surface area contributed by atoms with E-state index in [9.17, 15) is 0 Å². The van der Waals surface area contributed by atoms with Crippen molar-refractivity contribution in [1.29, 1.82) is 0 Å². The molecule has 15 heavy (non-hydrogen) atoms. The van der Waals surface area contributed by atoms with Crippen molar-refractivity contribution in [2.45, 2.75) is 25.9 Å². The van der Waals surface area contributed by atoms with Gasteiger partial charge in [-0.05, 0) is 24.4 Å². The highest BCUT2D eigenvalue weighted by molar-refractivity contribution is 5.14. The van der Waals surface area contributed by atoms with Crippen LogP contribution in [-0.4, -0.2) is 24.0 Å². The molecule has 0 spiro atoms. The lowest BCUT2D eigenvalue weighted by atomic mass is 9.94. The van der Waals surface area contributed by atoms with Crippen molar-refractivity contribution in [3.8, 4) is 0 Å². The molecule has 1 aromatic rings. The third-order valence-corrected chi connectivity index (χ3v) is 3.30. The molecule has 1 aliphatic heterocycles. The van der Waals surface area contributed by atoms with Gasteiger partial charge in [-0.3, -0.25) is 4.90 Å². The number of nitrogens with two attached hydrogens (primary N) is 1. The molecular weight excluding hydrogens is 184 g/mol. The number of benzene rings is 1. The molecule has 0 bridgehead atoms. The Kier molecular flexibility index (Phi) is 3.39. The largest absolute Gasteiger partial charge is 0.327 e. The van der Waals surface area contributed by atoms with Crippen LogP contribution in [0, 0.1) is 5.92 Å². The van der Waals surface area contributed by atoms with Crippen molar-refractivity contribution in [1.82, 2.24) is 4.90 Å². The monoisotopic (exact) mass is 204 g/mol. The molecule has 1 aromatic carbocycles. The molecule has 0 saturated carbocycles. The van der Waals surface area contributed by atoms with Crippen LogP contribution in [0.2, 0.25) is 0 Å². The minimum absolute atomic E-state index is 0.400. The van der Waals surface area contributed by atoms with Crippen molar-refractivity contribution < 1.29 is 0 Å². The molecule has 0 radical (unpaired) electrons.